The Labute approximate surface area is 159 Å². The molecule has 0 bridgehead atoms. The highest BCUT2D eigenvalue weighted by Gasteiger charge is 2.35. The van der Waals surface area contributed by atoms with Crippen LogP contribution in [-0.4, -0.2) is 35.3 Å². The second kappa shape index (κ2) is 7.74. The van der Waals surface area contributed by atoms with E-state index in [0.29, 0.717) is 5.69 Å². The highest BCUT2D eigenvalue weighted by Crippen LogP contribution is 2.31. The van der Waals surface area contributed by atoms with E-state index in [-0.39, 0.29) is 18.4 Å². The monoisotopic (exact) mass is 364 g/mol. The third-order valence-electron chi connectivity index (χ3n) is 5.01. The van der Waals surface area contributed by atoms with Crippen molar-refractivity contribution in [2.45, 2.75) is 33.2 Å². The summed E-state index contributed by atoms with van der Waals surface area (Å²) in [5.74, 6) is -1.30. The number of rotatable bonds is 5. The summed E-state index contributed by atoms with van der Waals surface area (Å²) in [7, 11) is 0. The molecule has 1 heterocycles. The number of fused-ring (bicyclic) bond motifs is 1. The Morgan fingerprint density at radius 2 is 1.93 bits per heavy atom. The Hall–Kier alpha value is -2.95. The van der Waals surface area contributed by atoms with Crippen molar-refractivity contribution >= 4 is 23.3 Å². The number of carbonyl (C=O) groups is 2. The number of hydrogen-bond donors (Lipinski definition) is 1. The van der Waals surface area contributed by atoms with Gasteiger partial charge in [-0.15, -0.1) is 0 Å². The van der Waals surface area contributed by atoms with Crippen LogP contribution in [0.1, 0.15) is 37.0 Å². The summed E-state index contributed by atoms with van der Waals surface area (Å²) in [5, 5.41) is 9.39. The summed E-state index contributed by atoms with van der Waals surface area (Å²) in [6.07, 6.45) is 0.776. The van der Waals surface area contributed by atoms with Gasteiger partial charge in [-0.1, -0.05) is 62.2 Å². The SMILES string of the molecule is CC[C@H](C)C1N=C(c2ccccc2)c2cc(C)ccc2N(CC(=O)O)C1=O. The molecule has 1 aliphatic rings. The van der Waals surface area contributed by atoms with Crippen LogP contribution in [-0.2, 0) is 9.59 Å². The normalized spacial score (nSPS) is 17.7. The van der Waals surface area contributed by atoms with Gasteiger partial charge in [0.05, 0.1) is 11.4 Å². The minimum absolute atomic E-state index is 0.00270. The highest BCUT2D eigenvalue weighted by atomic mass is 16.4. The first-order chi connectivity index (χ1) is 12.9. The summed E-state index contributed by atoms with van der Waals surface area (Å²) in [6.45, 7) is 5.59. The molecule has 5 heteroatoms. The van der Waals surface area contributed by atoms with Crippen molar-refractivity contribution in [1.82, 2.24) is 0 Å². The maximum absolute atomic E-state index is 13.3. The second-order valence-corrected chi connectivity index (χ2v) is 7.01. The van der Waals surface area contributed by atoms with Crippen LogP contribution in [0.5, 0.6) is 0 Å². The zero-order chi connectivity index (χ0) is 19.6. The van der Waals surface area contributed by atoms with E-state index in [1.165, 1.54) is 4.90 Å². The fraction of sp³-hybridized carbons (Fsp3) is 0.318. The largest absolute Gasteiger partial charge is 0.480 e. The average molecular weight is 364 g/mol. The zero-order valence-corrected chi connectivity index (χ0v) is 15.8. The number of carboxylic acids is 1. The smallest absolute Gasteiger partial charge is 0.323 e. The molecule has 5 nitrogen and oxygen atoms in total. The summed E-state index contributed by atoms with van der Waals surface area (Å²) in [6, 6.07) is 14.8. The number of aryl methyl sites for hydroxylation is 1. The maximum atomic E-state index is 13.3. The van der Waals surface area contributed by atoms with Crippen LogP contribution >= 0.6 is 0 Å². The number of amides is 1. The lowest BCUT2D eigenvalue weighted by atomic mass is 9.97. The second-order valence-electron chi connectivity index (χ2n) is 7.01. The van der Waals surface area contributed by atoms with Crippen LogP contribution in [0.3, 0.4) is 0 Å². The van der Waals surface area contributed by atoms with E-state index < -0.39 is 12.0 Å². The Morgan fingerprint density at radius 1 is 1.22 bits per heavy atom. The molecule has 140 valence electrons. The van der Waals surface area contributed by atoms with Crippen molar-refractivity contribution in [3.8, 4) is 0 Å². The molecule has 0 saturated carbocycles. The topological polar surface area (TPSA) is 70.0 Å². The number of hydrogen-bond acceptors (Lipinski definition) is 3. The molecule has 2 aromatic carbocycles. The number of nitrogens with zero attached hydrogens (tertiary/aromatic N) is 2. The number of aliphatic carboxylic acids is 1. The van der Waals surface area contributed by atoms with Gasteiger partial charge in [0.1, 0.15) is 12.6 Å². The van der Waals surface area contributed by atoms with Gasteiger partial charge in [0.15, 0.2) is 0 Å². The third-order valence-corrected chi connectivity index (χ3v) is 5.01. The first-order valence-electron chi connectivity index (χ1n) is 9.19. The number of aliphatic imine (C=N–C) groups is 1. The van der Waals surface area contributed by atoms with E-state index in [4.69, 9.17) is 4.99 Å². The molecule has 1 aliphatic heterocycles. The Morgan fingerprint density at radius 3 is 2.56 bits per heavy atom. The Kier molecular flexibility index (Phi) is 5.40. The molecule has 2 atom stereocenters. The molecular weight excluding hydrogens is 340 g/mol. The van der Waals surface area contributed by atoms with Crippen LogP contribution < -0.4 is 4.90 Å². The number of benzodiazepines with no additional fused rings is 1. The molecule has 0 fully saturated rings. The minimum Gasteiger partial charge on any atom is -0.480 e. The van der Waals surface area contributed by atoms with Gasteiger partial charge in [0.2, 0.25) is 0 Å². The Bertz CT molecular complexity index is 890. The maximum Gasteiger partial charge on any atom is 0.323 e. The van der Waals surface area contributed by atoms with E-state index in [9.17, 15) is 14.7 Å². The highest BCUT2D eigenvalue weighted by molar-refractivity contribution is 6.20. The molecule has 0 aliphatic carbocycles. The lowest BCUT2D eigenvalue weighted by Gasteiger charge is -2.25. The lowest BCUT2D eigenvalue weighted by molar-refractivity contribution is -0.136. The van der Waals surface area contributed by atoms with Gasteiger partial charge in [-0.05, 0) is 25.0 Å². The van der Waals surface area contributed by atoms with E-state index in [0.717, 1.165) is 28.8 Å². The summed E-state index contributed by atoms with van der Waals surface area (Å²) in [4.78, 5) is 31.0. The first-order valence-corrected chi connectivity index (χ1v) is 9.19. The molecule has 0 saturated heterocycles. The number of anilines is 1. The molecule has 0 radical (unpaired) electrons. The van der Waals surface area contributed by atoms with Crippen molar-refractivity contribution in [2.75, 3.05) is 11.4 Å². The summed E-state index contributed by atoms with van der Waals surface area (Å²) >= 11 is 0. The zero-order valence-electron chi connectivity index (χ0n) is 15.8. The van der Waals surface area contributed by atoms with Gasteiger partial charge in [-0.25, -0.2) is 0 Å². The minimum atomic E-state index is -1.04. The molecule has 3 rings (SSSR count). The molecular formula is C22H24N2O3. The number of carboxylic acid groups (broad SMARTS) is 1. The summed E-state index contributed by atoms with van der Waals surface area (Å²) in [5.41, 5.74) is 4.08. The summed E-state index contributed by atoms with van der Waals surface area (Å²) < 4.78 is 0. The molecule has 0 spiro atoms. The van der Waals surface area contributed by atoms with Crippen LogP contribution in [0.2, 0.25) is 0 Å². The van der Waals surface area contributed by atoms with Gasteiger partial charge in [-0.3, -0.25) is 19.5 Å². The van der Waals surface area contributed by atoms with E-state index in [2.05, 4.69) is 0 Å². The lowest BCUT2D eigenvalue weighted by Crippen LogP contribution is -2.43. The molecule has 1 amide bonds. The molecule has 27 heavy (non-hydrogen) atoms. The molecule has 1 unspecified atom stereocenters. The number of carbonyl (C=O) groups excluding carboxylic acids is 1. The van der Waals surface area contributed by atoms with Gasteiger partial charge >= 0.3 is 5.97 Å². The number of benzene rings is 2. The third kappa shape index (κ3) is 3.77. The molecule has 1 N–H and O–H groups in total. The van der Waals surface area contributed by atoms with Gasteiger partial charge in [-0.2, -0.15) is 0 Å². The average Bonchev–Trinajstić information content (AvgIpc) is 2.77. The fourth-order valence-corrected chi connectivity index (χ4v) is 3.34. The first kappa shape index (κ1) is 18.8. The van der Waals surface area contributed by atoms with E-state index >= 15 is 0 Å². The van der Waals surface area contributed by atoms with Crippen LogP contribution in [0.25, 0.3) is 0 Å². The molecule has 2 aromatic rings. The van der Waals surface area contributed by atoms with Gasteiger partial charge in [0.25, 0.3) is 5.91 Å². The van der Waals surface area contributed by atoms with E-state index in [1.807, 2.05) is 69.3 Å². The van der Waals surface area contributed by atoms with Crippen molar-refractivity contribution in [2.24, 2.45) is 10.9 Å². The predicted octanol–water partition coefficient (Wildman–Crippen LogP) is 3.68. The van der Waals surface area contributed by atoms with Crippen LogP contribution in [0.4, 0.5) is 5.69 Å². The predicted molar refractivity (Wildman–Crippen MR) is 106 cm³/mol. The van der Waals surface area contributed by atoms with Gasteiger partial charge < -0.3 is 5.11 Å². The fourth-order valence-electron chi connectivity index (χ4n) is 3.34. The van der Waals surface area contributed by atoms with Crippen LogP contribution in [0.15, 0.2) is 53.5 Å². The quantitative estimate of drug-likeness (QED) is 0.880. The van der Waals surface area contributed by atoms with Crippen molar-refractivity contribution in [3.05, 3.63) is 65.2 Å². The van der Waals surface area contributed by atoms with E-state index in [1.54, 1.807) is 0 Å². The Balaban J connectivity index is 2.27. The van der Waals surface area contributed by atoms with Crippen molar-refractivity contribution in [3.63, 3.8) is 0 Å². The van der Waals surface area contributed by atoms with Gasteiger partial charge in [0, 0.05) is 11.1 Å². The van der Waals surface area contributed by atoms with Crippen molar-refractivity contribution in [1.29, 1.82) is 0 Å². The van der Waals surface area contributed by atoms with Crippen molar-refractivity contribution < 1.29 is 14.7 Å². The standard InChI is InChI=1S/C22H24N2O3/c1-4-15(3)20-22(27)24(13-19(25)26)18-11-10-14(2)12-17(18)21(23-20)16-8-6-5-7-9-16/h5-12,15,20H,4,13H2,1-3H3,(H,25,26)/t15-,20?/m0/s1. The van der Waals surface area contributed by atoms with Crippen LogP contribution in [0, 0.1) is 12.8 Å². The molecule has 0 aromatic heterocycles.